The Morgan fingerprint density at radius 1 is 1.38 bits per heavy atom. The Hall–Kier alpha value is -0.380. The van der Waals surface area contributed by atoms with E-state index in [1.54, 1.807) is 10.4 Å². The maximum Gasteiger partial charge on any atom is 0.0582 e. The molecule has 0 radical (unpaired) electrons. The van der Waals surface area contributed by atoms with Crippen molar-refractivity contribution in [3.8, 4) is 0 Å². The van der Waals surface area contributed by atoms with E-state index in [0.29, 0.717) is 6.04 Å². The summed E-state index contributed by atoms with van der Waals surface area (Å²) in [5.41, 5.74) is 1.57. The van der Waals surface area contributed by atoms with Gasteiger partial charge < -0.3 is 10.4 Å². The van der Waals surface area contributed by atoms with Gasteiger partial charge in [-0.15, -0.1) is 11.3 Å². The lowest BCUT2D eigenvalue weighted by Crippen LogP contribution is -2.31. The van der Waals surface area contributed by atoms with E-state index in [9.17, 15) is 0 Å². The number of nitrogens with one attached hydrogen (secondary N) is 1. The van der Waals surface area contributed by atoms with Crippen molar-refractivity contribution >= 4 is 11.3 Å². The van der Waals surface area contributed by atoms with E-state index in [-0.39, 0.29) is 12.6 Å². The third-order valence-corrected chi connectivity index (χ3v) is 4.67. The van der Waals surface area contributed by atoms with Gasteiger partial charge in [-0.1, -0.05) is 0 Å². The molecule has 16 heavy (non-hydrogen) atoms. The highest BCUT2D eigenvalue weighted by atomic mass is 32.1. The van der Waals surface area contributed by atoms with Gasteiger partial charge in [-0.2, -0.15) is 0 Å². The normalized spacial score (nSPS) is 19.2. The first-order chi connectivity index (χ1) is 7.70. The molecule has 0 aliphatic heterocycles. The van der Waals surface area contributed by atoms with E-state index in [2.05, 4.69) is 18.3 Å². The minimum Gasteiger partial charge on any atom is -0.395 e. The highest BCUT2D eigenvalue weighted by Crippen LogP contribution is 2.32. The predicted octanol–water partition coefficient (Wildman–Crippen LogP) is 2.66. The number of aliphatic hydroxyl groups excluding tert-OH is 1. The van der Waals surface area contributed by atoms with E-state index < -0.39 is 0 Å². The van der Waals surface area contributed by atoms with Crippen LogP contribution in [0.3, 0.4) is 0 Å². The summed E-state index contributed by atoms with van der Waals surface area (Å²) >= 11 is 1.95. The summed E-state index contributed by atoms with van der Waals surface area (Å²) in [6, 6.07) is 2.90. The molecule has 2 atom stereocenters. The lowest BCUT2D eigenvalue weighted by atomic mass is 9.99. The summed E-state index contributed by atoms with van der Waals surface area (Å²) in [5.74, 6) is 0. The van der Waals surface area contributed by atoms with Gasteiger partial charge in [-0.25, -0.2) is 0 Å². The number of aryl methyl sites for hydroxylation is 2. The quantitative estimate of drug-likeness (QED) is 0.846. The van der Waals surface area contributed by atoms with Gasteiger partial charge in [-0.3, -0.25) is 0 Å². The van der Waals surface area contributed by atoms with Crippen LogP contribution in [-0.4, -0.2) is 17.8 Å². The summed E-state index contributed by atoms with van der Waals surface area (Å²) in [6.45, 7) is 4.41. The van der Waals surface area contributed by atoms with Crippen molar-refractivity contribution in [2.45, 2.75) is 51.6 Å². The van der Waals surface area contributed by atoms with Gasteiger partial charge in [0.05, 0.1) is 6.61 Å². The van der Waals surface area contributed by atoms with Crippen LogP contribution in [0.2, 0.25) is 0 Å². The third kappa shape index (κ3) is 2.65. The number of fused-ring (bicyclic) bond motifs is 1. The number of rotatable bonds is 4. The molecule has 1 heterocycles. The lowest BCUT2D eigenvalue weighted by molar-refractivity contribution is 0.243. The molecular weight excluding hydrogens is 218 g/mol. The number of thiophene rings is 1. The molecule has 1 unspecified atom stereocenters. The molecule has 0 fully saturated rings. The molecule has 1 aliphatic carbocycles. The van der Waals surface area contributed by atoms with Crippen molar-refractivity contribution in [3.05, 3.63) is 21.4 Å². The molecule has 2 rings (SSSR count). The van der Waals surface area contributed by atoms with Crippen LogP contribution in [0.4, 0.5) is 0 Å². The topological polar surface area (TPSA) is 32.3 Å². The summed E-state index contributed by atoms with van der Waals surface area (Å²) in [5, 5.41) is 12.4. The zero-order valence-corrected chi connectivity index (χ0v) is 10.9. The Bertz CT molecular complexity index is 324. The molecule has 0 bridgehead atoms. The van der Waals surface area contributed by atoms with Crippen LogP contribution in [-0.2, 0) is 12.8 Å². The van der Waals surface area contributed by atoms with Gasteiger partial charge in [0.1, 0.15) is 0 Å². The van der Waals surface area contributed by atoms with E-state index in [4.69, 9.17) is 5.11 Å². The Balaban J connectivity index is 2.05. The average Bonchev–Trinajstić information content (AvgIpc) is 2.72. The van der Waals surface area contributed by atoms with Crippen LogP contribution in [0.25, 0.3) is 0 Å². The average molecular weight is 239 g/mol. The van der Waals surface area contributed by atoms with Crippen molar-refractivity contribution in [2.75, 3.05) is 6.61 Å². The fourth-order valence-corrected chi connectivity index (χ4v) is 3.56. The lowest BCUT2D eigenvalue weighted by Gasteiger charge is -2.16. The summed E-state index contributed by atoms with van der Waals surface area (Å²) in [4.78, 5) is 3.01. The van der Waals surface area contributed by atoms with Crippen molar-refractivity contribution < 1.29 is 5.11 Å². The Morgan fingerprint density at radius 3 is 2.81 bits per heavy atom. The first-order valence-corrected chi connectivity index (χ1v) is 7.00. The Labute approximate surface area is 102 Å². The molecule has 0 amide bonds. The summed E-state index contributed by atoms with van der Waals surface area (Å²) < 4.78 is 0. The number of hydrogen-bond donors (Lipinski definition) is 2. The fraction of sp³-hybridized carbons (Fsp3) is 0.692. The van der Waals surface area contributed by atoms with Crippen LogP contribution >= 0.6 is 11.3 Å². The van der Waals surface area contributed by atoms with Crippen LogP contribution in [0.15, 0.2) is 6.07 Å². The monoisotopic (exact) mass is 239 g/mol. The van der Waals surface area contributed by atoms with Gasteiger partial charge in [0.15, 0.2) is 0 Å². The Kier molecular flexibility index (Phi) is 4.00. The van der Waals surface area contributed by atoms with Crippen molar-refractivity contribution in [3.63, 3.8) is 0 Å². The maximum atomic E-state index is 9.03. The van der Waals surface area contributed by atoms with E-state index in [0.717, 1.165) is 0 Å². The number of aliphatic hydroxyl groups is 1. The molecule has 3 heteroatoms. The second-order valence-electron chi connectivity index (χ2n) is 4.78. The summed E-state index contributed by atoms with van der Waals surface area (Å²) in [7, 11) is 0. The van der Waals surface area contributed by atoms with Gasteiger partial charge in [0.25, 0.3) is 0 Å². The maximum absolute atomic E-state index is 9.03. The molecule has 90 valence electrons. The van der Waals surface area contributed by atoms with Gasteiger partial charge >= 0.3 is 0 Å². The van der Waals surface area contributed by atoms with Gasteiger partial charge in [-0.05, 0) is 51.2 Å². The molecule has 0 saturated heterocycles. The Morgan fingerprint density at radius 2 is 2.12 bits per heavy atom. The molecule has 1 aromatic rings. The second-order valence-corrected chi connectivity index (χ2v) is 5.94. The van der Waals surface area contributed by atoms with Crippen LogP contribution in [0.5, 0.6) is 0 Å². The molecule has 2 nitrogen and oxygen atoms in total. The minimum absolute atomic E-state index is 0.175. The van der Waals surface area contributed by atoms with Crippen LogP contribution < -0.4 is 5.32 Å². The van der Waals surface area contributed by atoms with Crippen molar-refractivity contribution in [2.24, 2.45) is 0 Å². The number of hydrogen-bond acceptors (Lipinski definition) is 3. The fourth-order valence-electron chi connectivity index (χ4n) is 2.29. The van der Waals surface area contributed by atoms with E-state index >= 15 is 0 Å². The predicted molar refractivity (Wildman–Crippen MR) is 69.1 cm³/mol. The van der Waals surface area contributed by atoms with E-state index in [1.807, 2.05) is 18.3 Å². The highest BCUT2D eigenvalue weighted by molar-refractivity contribution is 7.12. The largest absolute Gasteiger partial charge is 0.395 e. The molecule has 0 saturated carbocycles. The molecular formula is C13H21NOS. The van der Waals surface area contributed by atoms with Crippen molar-refractivity contribution in [1.82, 2.24) is 5.32 Å². The molecule has 0 aromatic carbocycles. The highest BCUT2D eigenvalue weighted by Gasteiger charge is 2.17. The first-order valence-electron chi connectivity index (χ1n) is 6.19. The summed E-state index contributed by atoms with van der Waals surface area (Å²) in [6.07, 6.45) is 5.22. The minimum atomic E-state index is 0.175. The smallest absolute Gasteiger partial charge is 0.0582 e. The second kappa shape index (κ2) is 5.30. The third-order valence-electron chi connectivity index (χ3n) is 3.25. The molecule has 2 N–H and O–H groups in total. The van der Waals surface area contributed by atoms with Gasteiger partial charge in [0.2, 0.25) is 0 Å². The zero-order valence-electron chi connectivity index (χ0n) is 10.1. The first kappa shape index (κ1) is 12.1. The molecule has 1 aliphatic rings. The standard InChI is InChI=1S/C13H21NOS/c1-9(8-15)14-10(2)13-7-11-5-3-4-6-12(11)16-13/h7,9-10,14-15H,3-6,8H2,1-2H3/t9-,10?/m0/s1. The molecule has 0 spiro atoms. The molecule has 1 aromatic heterocycles. The van der Waals surface area contributed by atoms with E-state index in [1.165, 1.54) is 30.6 Å². The zero-order chi connectivity index (χ0) is 11.5. The van der Waals surface area contributed by atoms with Gasteiger partial charge in [0, 0.05) is 21.8 Å². The van der Waals surface area contributed by atoms with Crippen LogP contribution in [0, 0.1) is 0 Å². The van der Waals surface area contributed by atoms with Crippen LogP contribution in [0.1, 0.15) is 48.0 Å². The van der Waals surface area contributed by atoms with Crippen molar-refractivity contribution in [1.29, 1.82) is 0 Å². The SMILES string of the molecule is CC(N[C@@H](C)CO)c1cc2c(s1)CCCC2.